The highest BCUT2D eigenvalue weighted by Crippen LogP contribution is 2.17. The molecule has 118 valence electrons. The fourth-order valence-electron chi connectivity index (χ4n) is 2.35. The number of hydrogen-bond donors (Lipinski definition) is 1. The molecule has 0 saturated heterocycles. The van der Waals surface area contributed by atoms with Gasteiger partial charge in [0.2, 0.25) is 5.91 Å². The minimum atomic E-state index is 0.0258. The molecule has 5 heteroatoms. The lowest BCUT2D eigenvalue weighted by atomic mass is 10.3. The van der Waals surface area contributed by atoms with Crippen LogP contribution in [0.2, 0.25) is 0 Å². The fraction of sp³-hybridized carbons (Fsp3) is 0.222. The number of para-hydroxylation sites is 2. The SMILES string of the molecule is O=C(Cn1cnc2ccccc21)NCCCSc1ccccc1. The number of imidazole rings is 1. The first kappa shape index (κ1) is 15.6. The van der Waals surface area contributed by atoms with Crippen LogP contribution in [0.25, 0.3) is 11.0 Å². The highest BCUT2D eigenvalue weighted by molar-refractivity contribution is 7.99. The lowest BCUT2D eigenvalue weighted by Gasteiger charge is -2.07. The summed E-state index contributed by atoms with van der Waals surface area (Å²) in [6.07, 6.45) is 2.67. The second-order valence-electron chi connectivity index (χ2n) is 5.23. The van der Waals surface area contributed by atoms with Crippen molar-refractivity contribution >= 4 is 28.7 Å². The first-order valence-electron chi connectivity index (χ1n) is 7.67. The van der Waals surface area contributed by atoms with E-state index in [1.54, 1.807) is 6.33 Å². The molecule has 0 fully saturated rings. The van der Waals surface area contributed by atoms with Gasteiger partial charge in [0.05, 0.1) is 17.4 Å². The molecule has 2 aromatic carbocycles. The molecule has 0 unspecified atom stereocenters. The van der Waals surface area contributed by atoms with E-state index in [0.29, 0.717) is 13.1 Å². The van der Waals surface area contributed by atoms with Crippen LogP contribution in [-0.2, 0) is 11.3 Å². The van der Waals surface area contributed by atoms with Crippen molar-refractivity contribution in [2.24, 2.45) is 0 Å². The summed E-state index contributed by atoms with van der Waals surface area (Å²) in [5, 5.41) is 2.97. The number of nitrogens with zero attached hydrogens (tertiary/aromatic N) is 2. The lowest BCUT2D eigenvalue weighted by molar-refractivity contribution is -0.121. The van der Waals surface area contributed by atoms with Gasteiger partial charge in [0.1, 0.15) is 6.54 Å². The first-order chi connectivity index (χ1) is 11.3. The van der Waals surface area contributed by atoms with E-state index >= 15 is 0 Å². The second kappa shape index (κ2) is 7.83. The molecule has 0 saturated carbocycles. The molecule has 3 rings (SSSR count). The Bertz CT molecular complexity index is 770. The van der Waals surface area contributed by atoms with E-state index in [4.69, 9.17) is 0 Å². The Hall–Kier alpha value is -2.27. The Morgan fingerprint density at radius 3 is 2.74 bits per heavy atom. The van der Waals surface area contributed by atoms with Gasteiger partial charge in [0.25, 0.3) is 0 Å². The summed E-state index contributed by atoms with van der Waals surface area (Å²) in [7, 11) is 0. The van der Waals surface area contributed by atoms with Crippen molar-refractivity contribution in [2.45, 2.75) is 17.9 Å². The zero-order chi connectivity index (χ0) is 15.9. The molecule has 0 spiro atoms. The quantitative estimate of drug-likeness (QED) is 0.535. The van der Waals surface area contributed by atoms with Crippen LogP contribution in [0.3, 0.4) is 0 Å². The van der Waals surface area contributed by atoms with Crippen molar-refractivity contribution in [3.05, 3.63) is 60.9 Å². The van der Waals surface area contributed by atoms with Crippen molar-refractivity contribution in [3.8, 4) is 0 Å². The molecule has 0 aliphatic carbocycles. The molecule has 1 heterocycles. The van der Waals surface area contributed by atoms with Crippen LogP contribution in [0.1, 0.15) is 6.42 Å². The summed E-state index contributed by atoms with van der Waals surface area (Å²) < 4.78 is 1.88. The summed E-state index contributed by atoms with van der Waals surface area (Å²) in [5.74, 6) is 1.02. The Balaban J connectivity index is 1.40. The third-order valence-corrected chi connectivity index (χ3v) is 4.59. The van der Waals surface area contributed by atoms with Crippen LogP contribution in [0.5, 0.6) is 0 Å². The van der Waals surface area contributed by atoms with E-state index in [9.17, 15) is 4.79 Å². The zero-order valence-electron chi connectivity index (χ0n) is 12.8. The summed E-state index contributed by atoms with van der Waals surface area (Å²) in [4.78, 5) is 17.6. The van der Waals surface area contributed by atoms with E-state index in [0.717, 1.165) is 23.2 Å². The molecular formula is C18H19N3OS. The average molecular weight is 325 g/mol. The molecule has 1 aromatic heterocycles. The molecule has 0 bridgehead atoms. The van der Waals surface area contributed by atoms with Gasteiger partial charge in [-0.05, 0) is 36.4 Å². The predicted octanol–water partition coefficient (Wildman–Crippen LogP) is 3.33. The van der Waals surface area contributed by atoms with Crippen molar-refractivity contribution < 1.29 is 4.79 Å². The van der Waals surface area contributed by atoms with Gasteiger partial charge in [0, 0.05) is 11.4 Å². The van der Waals surface area contributed by atoms with Crippen molar-refractivity contribution in [2.75, 3.05) is 12.3 Å². The van der Waals surface area contributed by atoms with Crippen LogP contribution in [-0.4, -0.2) is 27.8 Å². The maximum Gasteiger partial charge on any atom is 0.239 e. The number of nitrogens with one attached hydrogen (secondary N) is 1. The van der Waals surface area contributed by atoms with Gasteiger partial charge < -0.3 is 9.88 Å². The smallest absolute Gasteiger partial charge is 0.239 e. The van der Waals surface area contributed by atoms with Crippen molar-refractivity contribution in [3.63, 3.8) is 0 Å². The molecular weight excluding hydrogens is 306 g/mol. The maximum absolute atomic E-state index is 12.0. The molecule has 1 N–H and O–H groups in total. The van der Waals surface area contributed by atoms with Crippen LogP contribution in [0.4, 0.5) is 0 Å². The summed E-state index contributed by atoms with van der Waals surface area (Å²) in [5.41, 5.74) is 1.90. The minimum absolute atomic E-state index is 0.0258. The number of thioether (sulfide) groups is 1. The van der Waals surface area contributed by atoms with E-state index in [-0.39, 0.29) is 5.91 Å². The third kappa shape index (κ3) is 4.36. The standard InChI is InChI=1S/C18H19N3OS/c22-18(13-21-14-20-16-9-4-5-10-17(16)21)19-11-6-12-23-15-7-2-1-3-8-15/h1-5,7-10,14H,6,11-13H2,(H,19,22). The van der Waals surface area contributed by atoms with Gasteiger partial charge in [-0.3, -0.25) is 4.79 Å². The predicted molar refractivity (Wildman–Crippen MR) is 94.5 cm³/mol. The van der Waals surface area contributed by atoms with Crippen molar-refractivity contribution in [1.82, 2.24) is 14.9 Å². The van der Waals surface area contributed by atoms with E-state index in [1.807, 2.05) is 58.8 Å². The monoisotopic (exact) mass is 325 g/mol. The highest BCUT2D eigenvalue weighted by Gasteiger charge is 2.06. The van der Waals surface area contributed by atoms with Gasteiger partial charge in [-0.2, -0.15) is 0 Å². The molecule has 0 radical (unpaired) electrons. The molecule has 0 aliphatic rings. The number of amides is 1. The Morgan fingerprint density at radius 1 is 1.09 bits per heavy atom. The van der Waals surface area contributed by atoms with Gasteiger partial charge in [-0.1, -0.05) is 30.3 Å². The number of benzene rings is 2. The van der Waals surface area contributed by atoms with Gasteiger partial charge in [-0.25, -0.2) is 4.98 Å². The van der Waals surface area contributed by atoms with E-state index < -0.39 is 0 Å². The van der Waals surface area contributed by atoms with Crippen LogP contribution >= 0.6 is 11.8 Å². The summed E-state index contributed by atoms with van der Waals surface area (Å²) >= 11 is 1.81. The summed E-state index contributed by atoms with van der Waals surface area (Å²) in [6.45, 7) is 1.01. The number of carbonyl (C=O) groups is 1. The highest BCUT2D eigenvalue weighted by atomic mass is 32.2. The molecule has 23 heavy (non-hydrogen) atoms. The van der Waals surface area contributed by atoms with E-state index in [1.165, 1.54) is 4.90 Å². The fourth-order valence-corrected chi connectivity index (χ4v) is 3.23. The molecule has 0 atom stereocenters. The normalized spacial score (nSPS) is 10.8. The number of hydrogen-bond acceptors (Lipinski definition) is 3. The van der Waals surface area contributed by atoms with Crippen LogP contribution in [0.15, 0.2) is 65.8 Å². The maximum atomic E-state index is 12.0. The van der Waals surface area contributed by atoms with Crippen molar-refractivity contribution in [1.29, 1.82) is 0 Å². The number of fused-ring (bicyclic) bond motifs is 1. The Labute approximate surface area is 139 Å². The lowest BCUT2D eigenvalue weighted by Crippen LogP contribution is -2.28. The van der Waals surface area contributed by atoms with Gasteiger partial charge in [0.15, 0.2) is 0 Å². The number of rotatable bonds is 7. The topological polar surface area (TPSA) is 46.9 Å². The van der Waals surface area contributed by atoms with Gasteiger partial charge in [-0.15, -0.1) is 11.8 Å². The molecule has 3 aromatic rings. The minimum Gasteiger partial charge on any atom is -0.355 e. The van der Waals surface area contributed by atoms with Crippen LogP contribution < -0.4 is 5.32 Å². The number of aromatic nitrogens is 2. The molecule has 4 nitrogen and oxygen atoms in total. The van der Waals surface area contributed by atoms with E-state index in [2.05, 4.69) is 22.4 Å². The Kier molecular flexibility index (Phi) is 5.32. The molecule has 1 amide bonds. The third-order valence-electron chi connectivity index (χ3n) is 3.50. The largest absolute Gasteiger partial charge is 0.355 e. The van der Waals surface area contributed by atoms with Gasteiger partial charge >= 0.3 is 0 Å². The average Bonchev–Trinajstić information content (AvgIpc) is 2.99. The summed E-state index contributed by atoms with van der Waals surface area (Å²) in [6, 6.07) is 18.1. The second-order valence-corrected chi connectivity index (χ2v) is 6.39. The number of carbonyl (C=O) groups excluding carboxylic acids is 1. The van der Waals surface area contributed by atoms with Crippen LogP contribution in [0, 0.1) is 0 Å². The molecule has 0 aliphatic heterocycles. The first-order valence-corrected chi connectivity index (χ1v) is 8.66. The zero-order valence-corrected chi connectivity index (χ0v) is 13.6. The Morgan fingerprint density at radius 2 is 1.87 bits per heavy atom.